The third kappa shape index (κ3) is 8.17. The van der Waals surface area contributed by atoms with E-state index in [0.29, 0.717) is 19.7 Å². The molecule has 2 aromatic carbocycles. The summed E-state index contributed by atoms with van der Waals surface area (Å²) >= 11 is 0. The van der Waals surface area contributed by atoms with Gasteiger partial charge in [-0.3, -0.25) is 9.59 Å². The molecule has 3 amide bonds. The zero-order valence-electron chi connectivity index (χ0n) is 29.9. The number of imidazole rings is 2. The van der Waals surface area contributed by atoms with Crippen LogP contribution in [0.1, 0.15) is 76.0 Å². The van der Waals surface area contributed by atoms with Crippen molar-refractivity contribution in [2.75, 3.05) is 33.9 Å². The van der Waals surface area contributed by atoms with Gasteiger partial charge < -0.3 is 35.0 Å². The van der Waals surface area contributed by atoms with Crippen molar-refractivity contribution in [2.24, 2.45) is 11.8 Å². The van der Waals surface area contributed by atoms with Crippen molar-refractivity contribution in [1.29, 1.82) is 0 Å². The molecule has 1 aliphatic heterocycles. The Balaban J connectivity index is 1.10. The van der Waals surface area contributed by atoms with E-state index in [4.69, 9.17) is 14.5 Å². The molecule has 6 rings (SSSR count). The highest BCUT2D eigenvalue weighted by molar-refractivity contribution is 5.86. The van der Waals surface area contributed by atoms with E-state index in [-0.39, 0.29) is 35.6 Å². The summed E-state index contributed by atoms with van der Waals surface area (Å²) in [5.74, 6) is 1.46. The van der Waals surface area contributed by atoms with Gasteiger partial charge in [-0.1, -0.05) is 75.2 Å². The van der Waals surface area contributed by atoms with E-state index in [2.05, 4.69) is 74.1 Å². The van der Waals surface area contributed by atoms with Crippen LogP contribution in [0.25, 0.3) is 33.6 Å². The zero-order chi connectivity index (χ0) is 35.9. The minimum Gasteiger partial charge on any atom is -0.453 e. The second-order valence-electron chi connectivity index (χ2n) is 13.8. The third-order valence-corrected chi connectivity index (χ3v) is 10.2. The van der Waals surface area contributed by atoms with Crippen molar-refractivity contribution in [3.63, 3.8) is 0 Å². The molecule has 1 aliphatic carbocycles. The summed E-state index contributed by atoms with van der Waals surface area (Å²) in [6, 6.07) is 15.9. The average molecular weight is 696 g/mol. The first-order chi connectivity index (χ1) is 24.8. The van der Waals surface area contributed by atoms with E-state index in [0.717, 1.165) is 83.8 Å². The van der Waals surface area contributed by atoms with Gasteiger partial charge in [-0.05, 0) is 53.9 Å². The van der Waals surface area contributed by atoms with E-state index >= 15 is 0 Å². The molecule has 2 fully saturated rings. The summed E-state index contributed by atoms with van der Waals surface area (Å²) in [4.78, 5) is 56.5. The lowest BCUT2D eigenvalue weighted by Gasteiger charge is -2.30. The van der Waals surface area contributed by atoms with Gasteiger partial charge in [0.25, 0.3) is 0 Å². The number of carbonyl (C=O) groups excluding carboxylic acids is 3. The van der Waals surface area contributed by atoms with Crippen LogP contribution in [0.2, 0.25) is 0 Å². The fraction of sp³-hybridized carbons (Fsp3) is 0.462. The maximum atomic E-state index is 13.5. The van der Waals surface area contributed by atoms with Crippen molar-refractivity contribution >= 4 is 17.9 Å². The molecule has 12 heteroatoms. The number of hydrogen-bond acceptors (Lipinski definition) is 7. The van der Waals surface area contributed by atoms with Crippen LogP contribution in [-0.4, -0.2) is 82.7 Å². The first-order valence-corrected chi connectivity index (χ1v) is 18.0. The molecular weight excluding hydrogens is 646 g/mol. The summed E-state index contributed by atoms with van der Waals surface area (Å²) in [6.45, 7) is 5.44. The fourth-order valence-electron chi connectivity index (χ4n) is 7.38. The molecule has 2 aromatic heterocycles. The molecule has 51 heavy (non-hydrogen) atoms. The van der Waals surface area contributed by atoms with Crippen molar-refractivity contribution in [1.82, 2.24) is 35.5 Å². The number of methoxy groups -OCH3 is 2. The van der Waals surface area contributed by atoms with Gasteiger partial charge in [-0.25, -0.2) is 14.8 Å². The quantitative estimate of drug-likeness (QED) is 0.128. The first-order valence-electron chi connectivity index (χ1n) is 18.0. The van der Waals surface area contributed by atoms with Gasteiger partial charge in [0.1, 0.15) is 17.7 Å². The van der Waals surface area contributed by atoms with E-state index in [1.807, 2.05) is 31.1 Å². The van der Waals surface area contributed by atoms with E-state index in [1.165, 1.54) is 7.11 Å². The van der Waals surface area contributed by atoms with Crippen LogP contribution in [0.3, 0.4) is 0 Å². The first kappa shape index (κ1) is 35.8. The number of nitrogens with zero attached hydrogens (tertiary/aromatic N) is 3. The monoisotopic (exact) mass is 695 g/mol. The molecule has 270 valence electrons. The van der Waals surface area contributed by atoms with Crippen molar-refractivity contribution in [3.8, 4) is 33.6 Å². The lowest BCUT2D eigenvalue weighted by Crippen LogP contribution is -2.51. The molecular formula is C39H49N7O5. The number of alkyl carbamates (subject to hydrolysis) is 1. The van der Waals surface area contributed by atoms with Crippen molar-refractivity contribution in [2.45, 2.75) is 70.4 Å². The molecule has 4 N–H and O–H groups in total. The van der Waals surface area contributed by atoms with Gasteiger partial charge in [0.15, 0.2) is 0 Å². The molecule has 0 spiro atoms. The molecule has 1 saturated heterocycles. The number of aromatic amines is 2. The van der Waals surface area contributed by atoms with Crippen molar-refractivity contribution in [3.05, 3.63) is 72.6 Å². The van der Waals surface area contributed by atoms with E-state index in [1.54, 1.807) is 7.11 Å². The normalized spacial score (nSPS) is 19.5. The molecule has 2 aliphatic rings. The number of carbonyl (C=O) groups is 3. The van der Waals surface area contributed by atoms with Gasteiger partial charge in [0, 0.05) is 32.0 Å². The molecule has 12 nitrogen and oxygen atoms in total. The number of likely N-dealkylation sites (tertiary alicyclic amines) is 1. The Kier molecular flexibility index (Phi) is 11.5. The summed E-state index contributed by atoms with van der Waals surface area (Å²) < 4.78 is 9.84. The number of ether oxygens (including phenoxy) is 2. The Bertz CT molecular complexity index is 1780. The highest BCUT2D eigenvalue weighted by Gasteiger charge is 2.38. The van der Waals surface area contributed by atoms with Crippen LogP contribution in [0.5, 0.6) is 0 Å². The Hall–Kier alpha value is -4.97. The van der Waals surface area contributed by atoms with E-state index in [9.17, 15) is 14.4 Å². The highest BCUT2D eigenvalue weighted by Crippen LogP contribution is 2.38. The Morgan fingerprint density at radius 3 is 2.02 bits per heavy atom. The van der Waals surface area contributed by atoms with Crippen LogP contribution >= 0.6 is 0 Å². The molecule has 0 bridgehead atoms. The second-order valence-corrected chi connectivity index (χ2v) is 13.8. The molecule has 4 aromatic rings. The summed E-state index contributed by atoms with van der Waals surface area (Å²) in [7, 11) is 2.93. The lowest BCUT2D eigenvalue weighted by molar-refractivity contribution is -0.135. The molecule has 1 saturated carbocycles. The minimum absolute atomic E-state index is 0.0749. The number of benzene rings is 2. The Labute approximate surface area is 299 Å². The van der Waals surface area contributed by atoms with Gasteiger partial charge in [-0.2, -0.15) is 0 Å². The molecule has 3 heterocycles. The number of hydrogen-bond donors (Lipinski definition) is 4. The van der Waals surface area contributed by atoms with Crippen LogP contribution in [-0.2, 0) is 19.1 Å². The number of H-pyrrole nitrogens is 2. The fourth-order valence-corrected chi connectivity index (χ4v) is 7.38. The van der Waals surface area contributed by atoms with Gasteiger partial charge in [-0.15, -0.1) is 0 Å². The topological polar surface area (TPSA) is 154 Å². The van der Waals surface area contributed by atoms with Crippen LogP contribution in [0, 0.1) is 11.8 Å². The maximum Gasteiger partial charge on any atom is 0.407 e. The molecule has 0 unspecified atom stereocenters. The number of nitrogens with one attached hydrogen (secondary N) is 4. The molecule has 0 radical (unpaired) electrons. The third-order valence-electron chi connectivity index (χ3n) is 10.2. The highest BCUT2D eigenvalue weighted by atomic mass is 16.5. The van der Waals surface area contributed by atoms with Crippen LogP contribution in [0.15, 0.2) is 60.9 Å². The molecule has 4 atom stereocenters. The minimum atomic E-state index is -0.675. The Morgan fingerprint density at radius 2 is 1.41 bits per heavy atom. The smallest absolute Gasteiger partial charge is 0.407 e. The van der Waals surface area contributed by atoms with Crippen molar-refractivity contribution < 1.29 is 23.9 Å². The Morgan fingerprint density at radius 1 is 0.824 bits per heavy atom. The maximum absolute atomic E-state index is 13.5. The van der Waals surface area contributed by atoms with E-state index < -0.39 is 12.1 Å². The SMILES string of the molecule is COCCNC(=O)[C@@H]1CCCC[C@@H]1c1ncc(-c2ccc(-c3ccc(-c4cnc([C@@H]5CCCN5C(=O)[C@@H](NC(=O)OC)C(C)C)[nH]4)cc3)cc2)[nH]1. The summed E-state index contributed by atoms with van der Waals surface area (Å²) in [5.41, 5.74) is 6.03. The predicted molar refractivity (Wildman–Crippen MR) is 194 cm³/mol. The van der Waals surface area contributed by atoms with Gasteiger partial charge in [0.05, 0.1) is 43.5 Å². The number of rotatable bonds is 12. The standard InChI is InChI=1S/C39H49N7O5/c1-24(2)34(45-39(49)51-4)38(48)46-20-7-10-33(46)36-42-23-32(44-36)28-17-13-26(14-18-28)25-11-15-27(16-12-25)31-22-41-35(43-31)29-8-5-6-9-30(29)37(47)40-19-21-50-3/h11-18,22-24,29-30,33-34H,5-10,19-21H2,1-4H3,(H,40,47)(H,41,43)(H,42,44)(H,45,49)/t29-,30+,33-,34-/m0/s1. The van der Waals surface area contributed by atoms with Crippen LogP contribution in [0.4, 0.5) is 4.79 Å². The second kappa shape index (κ2) is 16.4. The average Bonchev–Trinajstić information content (AvgIpc) is 3.95. The number of aromatic nitrogens is 4. The predicted octanol–water partition coefficient (Wildman–Crippen LogP) is 6.21. The zero-order valence-corrected chi connectivity index (χ0v) is 29.9. The largest absolute Gasteiger partial charge is 0.453 e. The summed E-state index contributed by atoms with van der Waals surface area (Å²) in [5, 5.41) is 5.72. The van der Waals surface area contributed by atoms with Gasteiger partial charge >= 0.3 is 6.09 Å². The van der Waals surface area contributed by atoms with Crippen LogP contribution < -0.4 is 10.6 Å². The lowest BCUT2D eigenvalue weighted by atomic mass is 9.78. The summed E-state index contributed by atoms with van der Waals surface area (Å²) in [6.07, 6.45) is 8.68. The number of amides is 3. The van der Waals surface area contributed by atoms with Gasteiger partial charge in [0.2, 0.25) is 11.8 Å².